The lowest BCUT2D eigenvalue weighted by atomic mass is 10.2. The molecule has 1 aromatic rings. The quantitative estimate of drug-likeness (QED) is 0.722. The second kappa shape index (κ2) is 6.11. The topological polar surface area (TPSA) is 89.6 Å². The molecule has 0 fully saturated rings. The summed E-state index contributed by atoms with van der Waals surface area (Å²) in [4.78, 5) is 0.0862. The summed E-state index contributed by atoms with van der Waals surface area (Å²) in [6, 6.07) is 6.32. The van der Waals surface area contributed by atoms with Crippen LogP contribution in [0.1, 0.15) is 12.0 Å². The molecular weight excluding hydrogens is 242 g/mol. The van der Waals surface area contributed by atoms with Gasteiger partial charge in [0.25, 0.3) is 10.1 Å². The van der Waals surface area contributed by atoms with Crippen LogP contribution in [0.3, 0.4) is 0 Å². The van der Waals surface area contributed by atoms with Crippen molar-refractivity contribution in [3.63, 3.8) is 0 Å². The molecule has 0 aromatic heterocycles. The Labute approximate surface area is 101 Å². The van der Waals surface area contributed by atoms with Crippen LogP contribution in [0.15, 0.2) is 29.2 Å². The van der Waals surface area contributed by atoms with E-state index in [4.69, 9.17) is 9.92 Å². The van der Waals surface area contributed by atoms with Crippen LogP contribution in [0.5, 0.6) is 0 Å². The largest absolute Gasteiger partial charge is 0.391 e. The predicted molar refractivity (Wildman–Crippen MR) is 64.0 cm³/mol. The van der Waals surface area contributed by atoms with Gasteiger partial charge in [-0.25, -0.2) is 0 Å². The fourth-order valence-corrected chi connectivity index (χ4v) is 2.16. The van der Waals surface area contributed by atoms with Crippen LogP contribution in [-0.2, 0) is 14.3 Å². The Morgan fingerprint density at radius 3 is 2.47 bits per heavy atom. The highest BCUT2D eigenvalue weighted by molar-refractivity contribution is 7.86. The van der Waals surface area contributed by atoms with Gasteiger partial charge in [0, 0.05) is 0 Å². The van der Waals surface area contributed by atoms with Gasteiger partial charge in [-0.15, -0.1) is 0 Å². The first-order valence-electron chi connectivity index (χ1n) is 5.30. The minimum absolute atomic E-state index is 0.0862. The molecule has 5 nitrogen and oxygen atoms in total. The molecule has 0 aliphatic heterocycles. The molecule has 1 rings (SSSR count). The predicted octanol–water partition coefficient (Wildman–Crippen LogP) is 0.410. The number of aryl methyl sites for hydroxylation is 1. The second-order valence-corrected chi connectivity index (χ2v) is 5.40. The van der Waals surface area contributed by atoms with Crippen LogP contribution < -0.4 is 5.73 Å². The molecule has 0 aliphatic rings. The van der Waals surface area contributed by atoms with Gasteiger partial charge in [-0.1, -0.05) is 17.7 Å². The maximum absolute atomic E-state index is 11.7. The van der Waals surface area contributed by atoms with E-state index in [1.54, 1.807) is 12.1 Å². The van der Waals surface area contributed by atoms with Crippen molar-refractivity contribution in [1.82, 2.24) is 0 Å². The molecule has 0 heterocycles. The van der Waals surface area contributed by atoms with Crippen molar-refractivity contribution in [2.24, 2.45) is 5.73 Å². The van der Waals surface area contributed by atoms with Crippen molar-refractivity contribution in [2.45, 2.75) is 24.3 Å². The molecule has 3 N–H and O–H groups in total. The average Bonchev–Trinajstić information content (AvgIpc) is 2.28. The van der Waals surface area contributed by atoms with Crippen LogP contribution in [0.2, 0.25) is 0 Å². The number of hydrogen-bond donors (Lipinski definition) is 2. The smallest absolute Gasteiger partial charge is 0.297 e. The first kappa shape index (κ1) is 14.1. The summed E-state index contributed by atoms with van der Waals surface area (Å²) in [5.41, 5.74) is 6.20. The lowest BCUT2D eigenvalue weighted by Crippen LogP contribution is -2.21. The minimum atomic E-state index is -3.79. The first-order chi connectivity index (χ1) is 7.95. The molecule has 17 heavy (non-hydrogen) atoms. The molecule has 0 saturated heterocycles. The Morgan fingerprint density at radius 2 is 1.94 bits per heavy atom. The number of nitrogens with two attached hydrogens (primary N) is 1. The lowest BCUT2D eigenvalue weighted by molar-refractivity contribution is 0.105. The van der Waals surface area contributed by atoms with Gasteiger partial charge in [0.1, 0.15) is 0 Å². The Morgan fingerprint density at radius 1 is 1.35 bits per heavy atom. The van der Waals surface area contributed by atoms with E-state index in [2.05, 4.69) is 0 Å². The van der Waals surface area contributed by atoms with Gasteiger partial charge < -0.3 is 10.8 Å². The monoisotopic (exact) mass is 259 g/mol. The Hall–Kier alpha value is -0.950. The van der Waals surface area contributed by atoms with Gasteiger partial charge in [0.15, 0.2) is 0 Å². The van der Waals surface area contributed by atoms with Crippen molar-refractivity contribution in [2.75, 3.05) is 13.2 Å². The van der Waals surface area contributed by atoms with Crippen LogP contribution >= 0.6 is 0 Å². The molecule has 1 aromatic carbocycles. The van der Waals surface area contributed by atoms with Gasteiger partial charge in [0.05, 0.1) is 17.6 Å². The molecule has 1 unspecified atom stereocenters. The number of aliphatic hydroxyl groups excluding tert-OH is 1. The molecular formula is C11H17NO4S. The van der Waals surface area contributed by atoms with E-state index in [0.717, 1.165) is 5.56 Å². The van der Waals surface area contributed by atoms with Crippen molar-refractivity contribution in [3.05, 3.63) is 29.8 Å². The van der Waals surface area contributed by atoms with Crippen molar-refractivity contribution in [1.29, 1.82) is 0 Å². The molecule has 96 valence electrons. The molecule has 0 aliphatic carbocycles. The summed E-state index contributed by atoms with van der Waals surface area (Å²) in [5.74, 6) is 0. The molecule has 0 spiro atoms. The third kappa shape index (κ3) is 4.43. The number of aliphatic hydroxyl groups is 1. The number of benzene rings is 1. The Bertz CT molecular complexity index is 441. The van der Waals surface area contributed by atoms with Gasteiger partial charge in [-0.2, -0.15) is 8.42 Å². The van der Waals surface area contributed by atoms with E-state index in [0.29, 0.717) is 6.42 Å². The standard InChI is InChI=1S/C11H17NO4S/c1-9-2-4-11(5-3-9)17(14,15)16-8-10(13)6-7-12/h2-5,10,13H,6-8,12H2,1H3. The Kier molecular flexibility index (Phi) is 5.07. The van der Waals surface area contributed by atoms with Crippen LogP contribution in [-0.4, -0.2) is 32.8 Å². The normalized spacial score (nSPS) is 13.6. The van der Waals surface area contributed by atoms with Gasteiger partial charge in [0.2, 0.25) is 0 Å². The van der Waals surface area contributed by atoms with Crippen molar-refractivity contribution in [3.8, 4) is 0 Å². The third-order valence-corrected chi connectivity index (χ3v) is 3.52. The van der Waals surface area contributed by atoms with Crippen LogP contribution in [0, 0.1) is 6.92 Å². The van der Waals surface area contributed by atoms with Crippen molar-refractivity contribution < 1.29 is 17.7 Å². The zero-order valence-corrected chi connectivity index (χ0v) is 10.5. The molecule has 1 atom stereocenters. The average molecular weight is 259 g/mol. The van der Waals surface area contributed by atoms with Crippen LogP contribution in [0.25, 0.3) is 0 Å². The minimum Gasteiger partial charge on any atom is -0.391 e. The first-order valence-corrected chi connectivity index (χ1v) is 6.71. The molecule has 6 heteroatoms. The van der Waals surface area contributed by atoms with E-state index in [9.17, 15) is 13.5 Å². The number of hydrogen-bond acceptors (Lipinski definition) is 5. The Balaban J connectivity index is 2.66. The van der Waals surface area contributed by atoms with E-state index in [-0.39, 0.29) is 18.0 Å². The zero-order chi connectivity index (χ0) is 12.9. The highest BCUT2D eigenvalue weighted by Crippen LogP contribution is 2.13. The summed E-state index contributed by atoms with van der Waals surface area (Å²) in [7, 11) is -3.79. The van der Waals surface area contributed by atoms with Crippen LogP contribution in [0.4, 0.5) is 0 Å². The maximum atomic E-state index is 11.7. The summed E-state index contributed by atoms with van der Waals surface area (Å²) >= 11 is 0. The third-order valence-electron chi connectivity index (χ3n) is 2.23. The summed E-state index contributed by atoms with van der Waals surface area (Å²) < 4.78 is 28.1. The highest BCUT2D eigenvalue weighted by atomic mass is 32.2. The van der Waals surface area contributed by atoms with Gasteiger partial charge in [-0.3, -0.25) is 4.18 Å². The zero-order valence-electron chi connectivity index (χ0n) is 9.67. The molecule has 0 bridgehead atoms. The fourth-order valence-electron chi connectivity index (χ4n) is 1.22. The molecule has 0 amide bonds. The van der Waals surface area contributed by atoms with E-state index >= 15 is 0 Å². The van der Waals surface area contributed by atoms with E-state index in [1.165, 1.54) is 12.1 Å². The van der Waals surface area contributed by atoms with Gasteiger partial charge in [-0.05, 0) is 32.0 Å². The summed E-state index contributed by atoms with van der Waals surface area (Å²) in [6.07, 6.45) is -0.552. The second-order valence-electron chi connectivity index (χ2n) is 3.78. The van der Waals surface area contributed by atoms with E-state index in [1.807, 2.05) is 6.92 Å². The molecule has 0 saturated carbocycles. The number of rotatable bonds is 6. The summed E-state index contributed by atoms with van der Waals surface area (Å²) in [6.45, 7) is 1.88. The van der Waals surface area contributed by atoms with Crippen molar-refractivity contribution >= 4 is 10.1 Å². The lowest BCUT2D eigenvalue weighted by Gasteiger charge is -2.10. The molecule has 0 radical (unpaired) electrons. The summed E-state index contributed by atoms with van der Waals surface area (Å²) in [5, 5.41) is 9.33. The fraction of sp³-hybridized carbons (Fsp3) is 0.455. The maximum Gasteiger partial charge on any atom is 0.297 e. The SMILES string of the molecule is Cc1ccc(S(=O)(=O)OCC(O)CCN)cc1. The van der Waals surface area contributed by atoms with Gasteiger partial charge >= 0.3 is 0 Å². The highest BCUT2D eigenvalue weighted by Gasteiger charge is 2.16. The van der Waals surface area contributed by atoms with E-state index < -0.39 is 16.2 Å².